The molecule has 2 rings (SSSR count). The summed E-state index contributed by atoms with van der Waals surface area (Å²) in [6.45, 7) is 1.84. The van der Waals surface area contributed by atoms with Crippen molar-refractivity contribution in [2.24, 2.45) is 0 Å². The fraction of sp³-hybridized carbons (Fsp3) is 0.0769. The van der Waals surface area contributed by atoms with Gasteiger partial charge in [0.05, 0.1) is 16.8 Å². The number of aromatic carboxylic acids is 1. The molecule has 0 saturated carbocycles. The van der Waals surface area contributed by atoms with Gasteiger partial charge in [-0.05, 0) is 30.7 Å². The highest BCUT2D eigenvalue weighted by molar-refractivity contribution is 6.33. The van der Waals surface area contributed by atoms with Crippen molar-refractivity contribution in [3.8, 4) is 11.6 Å². The lowest BCUT2D eigenvalue weighted by Crippen LogP contribution is -1.99. The number of carbonyl (C=O) groups is 1. The molecule has 0 aliphatic heterocycles. The highest BCUT2D eigenvalue weighted by Crippen LogP contribution is 2.26. The van der Waals surface area contributed by atoms with Crippen LogP contribution in [0.15, 0.2) is 30.5 Å². The summed E-state index contributed by atoms with van der Waals surface area (Å²) in [4.78, 5) is 14.9. The van der Waals surface area contributed by atoms with Crippen LogP contribution in [0.1, 0.15) is 15.9 Å². The van der Waals surface area contributed by atoms with Gasteiger partial charge in [0.1, 0.15) is 5.75 Å². The normalized spacial score (nSPS) is 10.3. The van der Waals surface area contributed by atoms with E-state index in [1.54, 1.807) is 18.2 Å². The maximum atomic E-state index is 10.9. The van der Waals surface area contributed by atoms with Gasteiger partial charge in [-0.3, -0.25) is 0 Å². The SMILES string of the molecule is Cc1cc(Oc2cc(C(=O)O)c(Cl)cn2)ccc1Cl. The first kappa shape index (κ1) is 13.6. The number of hydrogen-bond donors (Lipinski definition) is 1. The molecule has 0 aliphatic rings. The third-order valence-electron chi connectivity index (χ3n) is 2.41. The van der Waals surface area contributed by atoms with Crippen LogP contribution < -0.4 is 4.74 Å². The Balaban J connectivity index is 2.30. The molecule has 0 unspecified atom stereocenters. The van der Waals surface area contributed by atoms with Crippen molar-refractivity contribution in [2.75, 3.05) is 0 Å². The van der Waals surface area contributed by atoms with Crippen molar-refractivity contribution < 1.29 is 14.6 Å². The van der Waals surface area contributed by atoms with Gasteiger partial charge in [-0.2, -0.15) is 0 Å². The summed E-state index contributed by atoms with van der Waals surface area (Å²) < 4.78 is 5.47. The zero-order chi connectivity index (χ0) is 14.0. The molecule has 2 aromatic rings. The average molecular weight is 298 g/mol. The molecule has 98 valence electrons. The second kappa shape index (κ2) is 5.47. The fourth-order valence-electron chi connectivity index (χ4n) is 1.44. The topological polar surface area (TPSA) is 59.4 Å². The number of benzene rings is 1. The third-order valence-corrected chi connectivity index (χ3v) is 3.14. The van der Waals surface area contributed by atoms with E-state index in [1.165, 1.54) is 12.3 Å². The van der Waals surface area contributed by atoms with Crippen molar-refractivity contribution in [2.45, 2.75) is 6.92 Å². The Labute approximate surface area is 119 Å². The zero-order valence-corrected chi connectivity index (χ0v) is 11.4. The molecule has 4 nitrogen and oxygen atoms in total. The molecule has 0 spiro atoms. The van der Waals surface area contributed by atoms with Crippen LogP contribution in [-0.4, -0.2) is 16.1 Å². The average Bonchev–Trinajstić information content (AvgIpc) is 2.36. The minimum atomic E-state index is -1.13. The molecule has 0 bridgehead atoms. The molecule has 0 saturated heterocycles. The number of halogens is 2. The summed E-state index contributed by atoms with van der Waals surface area (Å²) in [5.74, 6) is -0.457. The Bertz CT molecular complexity index is 644. The number of ether oxygens (including phenoxy) is 1. The molecule has 1 aromatic carbocycles. The predicted octanol–water partition coefficient (Wildman–Crippen LogP) is 4.19. The van der Waals surface area contributed by atoms with Gasteiger partial charge >= 0.3 is 5.97 Å². The van der Waals surface area contributed by atoms with Gasteiger partial charge in [0.25, 0.3) is 0 Å². The maximum Gasteiger partial charge on any atom is 0.337 e. The van der Waals surface area contributed by atoms with E-state index in [0.717, 1.165) is 5.56 Å². The largest absolute Gasteiger partial charge is 0.478 e. The number of aryl methyl sites for hydroxylation is 1. The first-order valence-electron chi connectivity index (χ1n) is 5.30. The fourth-order valence-corrected chi connectivity index (χ4v) is 1.74. The summed E-state index contributed by atoms with van der Waals surface area (Å²) >= 11 is 11.6. The van der Waals surface area contributed by atoms with Crippen molar-refractivity contribution >= 4 is 29.2 Å². The zero-order valence-electron chi connectivity index (χ0n) is 9.85. The maximum absolute atomic E-state index is 10.9. The van der Waals surface area contributed by atoms with Crippen LogP contribution in [-0.2, 0) is 0 Å². The van der Waals surface area contributed by atoms with E-state index in [4.69, 9.17) is 33.0 Å². The van der Waals surface area contributed by atoms with Crippen molar-refractivity contribution in [1.82, 2.24) is 4.98 Å². The van der Waals surface area contributed by atoms with Crippen molar-refractivity contribution in [1.29, 1.82) is 0 Å². The van der Waals surface area contributed by atoms with Crippen LogP contribution in [0.5, 0.6) is 11.6 Å². The van der Waals surface area contributed by atoms with Crippen LogP contribution in [0, 0.1) is 6.92 Å². The molecule has 1 heterocycles. The first-order valence-corrected chi connectivity index (χ1v) is 6.06. The second-order valence-electron chi connectivity index (χ2n) is 3.82. The molecule has 0 aliphatic carbocycles. The molecule has 0 fully saturated rings. The summed E-state index contributed by atoms with van der Waals surface area (Å²) in [6.07, 6.45) is 1.24. The Kier molecular flexibility index (Phi) is 3.93. The van der Waals surface area contributed by atoms with Gasteiger partial charge in [-0.1, -0.05) is 23.2 Å². The van der Waals surface area contributed by atoms with E-state index >= 15 is 0 Å². The Hall–Kier alpha value is -1.78. The number of carboxylic acids is 1. The van der Waals surface area contributed by atoms with Gasteiger partial charge in [0.2, 0.25) is 5.88 Å². The standard InChI is InChI=1S/C13H9Cl2NO3/c1-7-4-8(2-3-10(7)14)19-12-5-9(13(17)18)11(15)6-16-12/h2-6H,1H3,(H,17,18). The summed E-state index contributed by atoms with van der Waals surface area (Å²) in [5, 5.41) is 9.64. The number of nitrogens with zero attached hydrogens (tertiary/aromatic N) is 1. The third kappa shape index (κ3) is 3.16. The molecule has 19 heavy (non-hydrogen) atoms. The highest BCUT2D eigenvalue weighted by Gasteiger charge is 2.11. The van der Waals surface area contributed by atoms with Gasteiger partial charge in [-0.25, -0.2) is 9.78 Å². The lowest BCUT2D eigenvalue weighted by molar-refractivity contribution is 0.0696. The number of pyridine rings is 1. The van der Waals surface area contributed by atoms with Crippen molar-refractivity contribution in [3.05, 3.63) is 51.6 Å². The lowest BCUT2D eigenvalue weighted by atomic mass is 10.2. The number of hydrogen-bond acceptors (Lipinski definition) is 3. The van der Waals surface area contributed by atoms with Crippen molar-refractivity contribution in [3.63, 3.8) is 0 Å². The molecule has 6 heteroatoms. The van der Waals surface area contributed by atoms with Gasteiger partial charge < -0.3 is 9.84 Å². The van der Waals surface area contributed by atoms with E-state index in [1.807, 2.05) is 6.92 Å². The van der Waals surface area contributed by atoms with E-state index in [-0.39, 0.29) is 16.5 Å². The van der Waals surface area contributed by atoms with Gasteiger partial charge in [0.15, 0.2) is 0 Å². The van der Waals surface area contributed by atoms with Gasteiger partial charge in [0, 0.05) is 11.1 Å². The molecule has 1 aromatic heterocycles. The molecular formula is C13H9Cl2NO3. The smallest absolute Gasteiger partial charge is 0.337 e. The van der Waals surface area contributed by atoms with Gasteiger partial charge in [-0.15, -0.1) is 0 Å². The van der Waals surface area contributed by atoms with E-state index < -0.39 is 5.97 Å². The van der Waals surface area contributed by atoms with Crippen LogP contribution >= 0.6 is 23.2 Å². The van der Waals surface area contributed by atoms with Crippen LogP contribution in [0.4, 0.5) is 0 Å². The molecule has 0 radical (unpaired) electrons. The summed E-state index contributed by atoms with van der Waals surface area (Å²) in [5.41, 5.74) is 0.795. The van der Waals surface area contributed by atoms with E-state index in [0.29, 0.717) is 10.8 Å². The predicted molar refractivity (Wildman–Crippen MR) is 72.5 cm³/mol. The van der Waals surface area contributed by atoms with Crippen LogP contribution in [0.25, 0.3) is 0 Å². The molecular weight excluding hydrogens is 289 g/mol. The Morgan fingerprint density at radius 3 is 2.63 bits per heavy atom. The van der Waals surface area contributed by atoms with E-state index in [9.17, 15) is 4.79 Å². The number of carboxylic acid groups (broad SMARTS) is 1. The minimum absolute atomic E-state index is 0.0580. The minimum Gasteiger partial charge on any atom is -0.478 e. The second-order valence-corrected chi connectivity index (χ2v) is 4.63. The Morgan fingerprint density at radius 2 is 2.00 bits per heavy atom. The Morgan fingerprint density at radius 1 is 1.26 bits per heavy atom. The van der Waals surface area contributed by atoms with Crippen LogP contribution in [0.2, 0.25) is 10.0 Å². The molecule has 0 amide bonds. The molecule has 0 atom stereocenters. The van der Waals surface area contributed by atoms with E-state index in [2.05, 4.69) is 4.98 Å². The quantitative estimate of drug-likeness (QED) is 0.923. The van der Waals surface area contributed by atoms with Crippen LogP contribution in [0.3, 0.4) is 0 Å². The summed E-state index contributed by atoms with van der Waals surface area (Å²) in [6, 6.07) is 6.37. The molecule has 1 N–H and O–H groups in total. The lowest BCUT2D eigenvalue weighted by Gasteiger charge is -2.07. The number of rotatable bonds is 3. The summed E-state index contributed by atoms with van der Waals surface area (Å²) in [7, 11) is 0. The first-order chi connectivity index (χ1) is 8.97. The monoisotopic (exact) mass is 297 g/mol. The number of aromatic nitrogens is 1. The highest BCUT2D eigenvalue weighted by atomic mass is 35.5.